The number of fused-ring (bicyclic) bond motifs is 2. The van der Waals surface area contributed by atoms with Gasteiger partial charge in [-0.05, 0) is 59.1 Å². The van der Waals surface area contributed by atoms with Crippen molar-refractivity contribution in [3.05, 3.63) is 69.3 Å². The monoisotopic (exact) mass is 546 g/mol. The van der Waals surface area contributed by atoms with Gasteiger partial charge in [-0.25, -0.2) is 19.4 Å². The van der Waals surface area contributed by atoms with Crippen LogP contribution in [-0.2, 0) is 18.2 Å². The number of rotatable bonds is 5. The summed E-state index contributed by atoms with van der Waals surface area (Å²) in [4.78, 5) is 45.6. The molecule has 3 aromatic heterocycles. The molecule has 1 aliphatic rings. The van der Waals surface area contributed by atoms with E-state index < -0.39 is 0 Å². The second-order valence-electron chi connectivity index (χ2n) is 7.74. The number of hydrogen-bond donors (Lipinski definition) is 2. The molecule has 4 aromatic rings. The molecular formula is C23H20Cl2N6O4S. The van der Waals surface area contributed by atoms with Crippen LogP contribution in [0.1, 0.15) is 54.8 Å². The molecule has 0 spiro atoms. The minimum absolute atomic E-state index is 0.173. The van der Waals surface area contributed by atoms with Gasteiger partial charge in [-0.15, -0.1) is 0 Å². The van der Waals surface area contributed by atoms with Gasteiger partial charge in [0.1, 0.15) is 17.4 Å². The number of nitrogens with zero attached hydrogens (tertiary/aromatic N) is 4. The van der Waals surface area contributed by atoms with Crippen molar-refractivity contribution in [3.63, 3.8) is 0 Å². The van der Waals surface area contributed by atoms with Gasteiger partial charge in [0.15, 0.2) is 11.5 Å². The van der Waals surface area contributed by atoms with Crippen LogP contribution in [0, 0.1) is 0 Å². The third kappa shape index (κ3) is 5.18. The minimum atomic E-state index is -0.383. The van der Waals surface area contributed by atoms with Gasteiger partial charge in [0.05, 0.1) is 18.7 Å². The van der Waals surface area contributed by atoms with Gasteiger partial charge in [0.25, 0.3) is 11.1 Å². The zero-order valence-corrected chi connectivity index (χ0v) is 21.4. The van der Waals surface area contributed by atoms with E-state index in [1.807, 2.05) is 17.5 Å². The Kier molecular flexibility index (Phi) is 7.82. The summed E-state index contributed by atoms with van der Waals surface area (Å²) in [6, 6.07) is 6.89. The van der Waals surface area contributed by atoms with Crippen molar-refractivity contribution in [1.82, 2.24) is 25.1 Å². The molecule has 0 saturated heterocycles. The summed E-state index contributed by atoms with van der Waals surface area (Å²) in [5, 5.41) is 10.5. The fourth-order valence-electron chi connectivity index (χ4n) is 3.89. The highest BCUT2D eigenvalue weighted by atomic mass is 35.5. The Balaban J connectivity index is 0.000000325. The molecular weight excluding hydrogens is 527 g/mol. The number of halogens is 2. The lowest BCUT2D eigenvalue weighted by atomic mass is 10.0. The van der Waals surface area contributed by atoms with Crippen LogP contribution in [0.2, 0.25) is 0 Å². The fourth-order valence-corrected chi connectivity index (χ4v) is 4.92. The summed E-state index contributed by atoms with van der Waals surface area (Å²) in [6.07, 6.45) is 2.80. The van der Waals surface area contributed by atoms with Gasteiger partial charge in [-0.2, -0.15) is 16.4 Å². The summed E-state index contributed by atoms with van der Waals surface area (Å²) >= 11 is 12.3. The molecule has 0 saturated carbocycles. The van der Waals surface area contributed by atoms with E-state index in [0.717, 1.165) is 24.0 Å². The molecule has 0 bridgehead atoms. The molecule has 186 valence electrons. The number of aryl methyl sites for hydroxylation is 2. The standard InChI is InChI=1S/C18H17ClN6O3.C5H3ClOS/c1-25-16(23-19)14-13(24-25)15(21-8-20-14)17(26)22-12-6-4-9-7-10(18(27)28-2)3-5-11(9)12;6-5(7)4-1-2-8-3-4/h3,5,7-8,12,23H,4,6H2,1-2H3,(H,22,26);1-3H/t12-;/m0./s1. The van der Waals surface area contributed by atoms with E-state index in [4.69, 9.17) is 28.1 Å². The predicted octanol–water partition coefficient (Wildman–Crippen LogP) is 4.26. The quantitative estimate of drug-likeness (QED) is 0.216. The van der Waals surface area contributed by atoms with Crippen LogP contribution < -0.4 is 10.2 Å². The number of carbonyl (C=O) groups excluding carboxylic acids is 3. The smallest absolute Gasteiger partial charge is 0.337 e. The molecule has 5 rings (SSSR count). The Morgan fingerprint density at radius 3 is 2.61 bits per heavy atom. The number of methoxy groups -OCH3 is 1. The lowest BCUT2D eigenvalue weighted by molar-refractivity contribution is 0.0600. The Morgan fingerprint density at radius 2 is 1.97 bits per heavy atom. The minimum Gasteiger partial charge on any atom is -0.465 e. The van der Waals surface area contributed by atoms with Crippen molar-refractivity contribution in [2.75, 3.05) is 11.9 Å². The van der Waals surface area contributed by atoms with Crippen molar-refractivity contribution in [1.29, 1.82) is 0 Å². The summed E-state index contributed by atoms with van der Waals surface area (Å²) in [5.74, 6) is -0.242. The zero-order chi connectivity index (χ0) is 25.8. The molecule has 1 aromatic carbocycles. The van der Waals surface area contributed by atoms with E-state index in [0.29, 0.717) is 28.0 Å². The van der Waals surface area contributed by atoms with Gasteiger partial charge in [-0.1, -0.05) is 6.07 Å². The second-order valence-corrected chi connectivity index (χ2v) is 9.05. The van der Waals surface area contributed by atoms with Gasteiger partial charge in [0.2, 0.25) is 0 Å². The molecule has 3 heterocycles. The number of amides is 1. The molecule has 13 heteroatoms. The maximum Gasteiger partial charge on any atom is 0.337 e. The van der Waals surface area contributed by atoms with E-state index in [1.54, 1.807) is 24.6 Å². The number of nitrogens with one attached hydrogen (secondary N) is 2. The summed E-state index contributed by atoms with van der Waals surface area (Å²) < 4.78 is 6.26. The van der Waals surface area contributed by atoms with E-state index in [2.05, 4.69) is 25.2 Å². The topological polar surface area (TPSA) is 128 Å². The third-order valence-corrected chi connectivity index (χ3v) is 6.70. The summed E-state index contributed by atoms with van der Waals surface area (Å²) in [6.45, 7) is 0. The van der Waals surface area contributed by atoms with Gasteiger partial charge in [-0.3, -0.25) is 14.4 Å². The van der Waals surface area contributed by atoms with Gasteiger partial charge in [0, 0.05) is 29.8 Å². The molecule has 1 amide bonds. The van der Waals surface area contributed by atoms with E-state index in [9.17, 15) is 14.4 Å². The number of hydrogen-bond acceptors (Lipinski definition) is 9. The van der Waals surface area contributed by atoms with E-state index in [1.165, 1.54) is 29.5 Å². The third-order valence-electron chi connectivity index (χ3n) is 5.62. The number of esters is 1. The Morgan fingerprint density at radius 1 is 1.17 bits per heavy atom. The number of carbonyl (C=O) groups is 3. The highest BCUT2D eigenvalue weighted by Gasteiger charge is 2.27. The normalized spacial score (nSPS) is 13.9. The second kappa shape index (κ2) is 11.0. The average Bonchev–Trinajstić information content (AvgIpc) is 3.62. The van der Waals surface area contributed by atoms with Crippen LogP contribution in [0.3, 0.4) is 0 Å². The molecule has 0 radical (unpaired) electrons. The molecule has 10 nitrogen and oxygen atoms in total. The molecule has 0 unspecified atom stereocenters. The number of thiophene rings is 1. The zero-order valence-electron chi connectivity index (χ0n) is 19.1. The van der Waals surface area contributed by atoms with E-state index in [-0.39, 0.29) is 28.9 Å². The Labute approximate surface area is 219 Å². The largest absolute Gasteiger partial charge is 0.465 e. The molecule has 1 atom stereocenters. The van der Waals surface area contributed by atoms with Gasteiger partial charge >= 0.3 is 5.97 Å². The molecule has 36 heavy (non-hydrogen) atoms. The van der Waals surface area contributed by atoms with Crippen LogP contribution >= 0.6 is 34.7 Å². The number of benzene rings is 1. The van der Waals surface area contributed by atoms with Crippen LogP contribution in [0.4, 0.5) is 5.82 Å². The van der Waals surface area contributed by atoms with Crippen molar-refractivity contribution >= 4 is 68.7 Å². The van der Waals surface area contributed by atoms with E-state index >= 15 is 0 Å². The maximum absolute atomic E-state index is 12.9. The predicted molar refractivity (Wildman–Crippen MR) is 137 cm³/mol. The summed E-state index contributed by atoms with van der Waals surface area (Å²) in [7, 11) is 3.05. The fraction of sp³-hybridized carbons (Fsp3) is 0.217. The van der Waals surface area contributed by atoms with Crippen molar-refractivity contribution in [2.45, 2.75) is 18.9 Å². The first-order valence-electron chi connectivity index (χ1n) is 10.6. The first-order chi connectivity index (χ1) is 17.3. The molecule has 0 fully saturated rings. The summed E-state index contributed by atoms with van der Waals surface area (Å²) in [5.41, 5.74) is 4.09. The number of ether oxygens (including phenoxy) is 1. The lowest BCUT2D eigenvalue weighted by Crippen LogP contribution is -2.28. The van der Waals surface area contributed by atoms with Crippen LogP contribution in [0.15, 0.2) is 41.4 Å². The van der Waals surface area contributed by atoms with Crippen molar-refractivity contribution < 1.29 is 19.1 Å². The SMILES string of the molecule is COC(=O)c1ccc2c(c1)CC[C@@H]2NC(=O)c1ncnc2c(NCl)n(C)nc12.O=C(Cl)c1ccsc1. The van der Waals surface area contributed by atoms with Crippen molar-refractivity contribution in [3.8, 4) is 0 Å². The number of aromatic nitrogens is 4. The number of anilines is 1. The average molecular weight is 547 g/mol. The Bertz CT molecular complexity index is 1440. The molecule has 0 aliphatic heterocycles. The van der Waals surface area contributed by atoms with Crippen molar-refractivity contribution in [2.24, 2.45) is 7.05 Å². The highest BCUT2D eigenvalue weighted by Crippen LogP contribution is 2.32. The first-order valence-corrected chi connectivity index (χ1v) is 12.3. The van der Waals surface area contributed by atoms with Crippen LogP contribution in [0.5, 0.6) is 0 Å². The lowest BCUT2D eigenvalue weighted by Gasteiger charge is -2.14. The van der Waals surface area contributed by atoms with Crippen LogP contribution in [0.25, 0.3) is 11.0 Å². The highest BCUT2D eigenvalue weighted by molar-refractivity contribution is 7.08. The Hall–Kier alpha value is -3.54. The molecule has 2 N–H and O–H groups in total. The first kappa shape index (κ1) is 25.5. The maximum atomic E-state index is 12.9. The van der Waals surface area contributed by atoms with Gasteiger partial charge < -0.3 is 10.1 Å². The molecule has 1 aliphatic carbocycles. The van der Waals surface area contributed by atoms with Crippen LogP contribution in [-0.4, -0.2) is 44.0 Å².